The Bertz CT molecular complexity index is 1200. The zero-order valence-corrected chi connectivity index (χ0v) is 17.0. The molecule has 0 radical (unpaired) electrons. The molecule has 0 spiro atoms. The van der Waals surface area contributed by atoms with Crippen LogP contribution >= 0.6 is 0 Å². The van der Waals surface area contributed by atoms with Gasteiger partial charge in [-0.25, -0.2) is 8.91 Å². The summed E-state index contributed by atoms with van der Waals surface area (Å²) in [5.41, 5.74) is 2.55. The number of aryl methyl sites for hydroxylation is 1. The Morgan fingerprint density at radius 1 is 1.30 bits per heavy atom. The molecule has 3 aromatic rings. The number of carbonyl (C=O) groups excluding carboxylic acids is 1. The maximum absolute atomic E-state index is 13.7. The topological polar surface area (TPSA) is 68.8 Å². The largest absolute Gasteiger partial charge is 0.380 e. The molecular weight excluding hydrogens is 387 g/mol. The minimum Gasteiger partial charge on any atom is -0.380 e. The number of fused-ring (bicyclic) bond motifs is 1. The van der Waals surface area contributed by atoms with Crippen LogP contribution in [0.5, 0.6) is 0 Å². The molecule has 4 heterocycles. The van der Waals surface area contributed by atoms with E-state index in [1.165, 1.54) is 22.7 Å². The van der Waals surface area contributed by atoms with Gasteiger partial charge in [-0.05, 0) is 25.5 Å². The molecule has 1 aromatic carbocycles. The van der Waals surface area contributed by atoms with Crippen LogP contribution in [-0.4, -0.2) is 57.0 Å². The van der Waals surface area contributed by atoms with Crippen molar-refractivity contribution in [3.8, 4) is 11.1 Å². The van der Waals surface area contributed by atoms with Crippen LogP contribution in [0.3, 0.4) is 0 Å². The van der Waals surface area contributed by atoms with Gasteiger partial charge in [0.25, 0.3) is 5.56 Å². The number of benzene rings is 1. The van der Waals surface area contributed by atoms with Crippen molar-refractivity contribution in [3.05, 3.63) is 58.3 Å². The number of amides is 1. The Morgan fingerprint density at radius 3 is 2.70 bits per heavy atom. The lowest BCUT2D eigenvalue weighted by Gasteiger charge is -2.42. The number of ether oxygens (including phenoxy) is 1. The number of aromatic nitrogens is 3. The van der Waals surface area contributed by atoms with E-state index in [4.69, 9.17) is 4.74 Å². The van der Waals surface area contributed by atoms with Crippen molar-refractivity contribution in [1.82, 2.24) is 19.1 Å². The van der Waals surface area contributed by atoms with Crippen molar-refractivity contribution in [2.24, 2.45) is 0 Å². The molecule has 0 saturated carbocycles. The number of hydrogen-bond acceptors (Lipinski definition) is 4. The molecule has 30 heavy (non-hydrogen) atoms. The highest BCUT2D eigenvalue weighted by Gasteiger charge is 2.41. The van der Waals surface area contributed by atoms with Crippen LogP contribution in [0, 0.1) is 6.92 Å². The predicted molar refractivity (Wildman–Crippen MR) is 109 cm³/mol. The van der Waals surface area contributed by atoms with E-state index in [1.54, 1.807) is 4.52 Å². The molecule has 7 nitrogen and oxygen atoms in total. The average molecular weight is 410 g/mol. The minimum atomic E-state index is -1.34. The minimum absolute atomic E-state index is 0.0573. The zero-order valence-electron chi connectivity index (χ0n) is 17.0. The molecule has 0 bridgehead atoms. The first kappa shape index (κ1) is 19.0. The molecule has 2 aliphatic heterocycles. The fourth-order valence-electron chi connectivity index (χ4n) is 4.17. The summed E-state index contributed by atoms with van der Waals surface area (Å²) in [6.45, 7) is 4.63. The van der Waals surface area contributed by atoms with Crippen molar-refractivity contribution < 1.29 is 13.9 Å². The van der Waals surface area contributed by atoms with Crippen molar-refractivity contribution in [2.75, 3.05) is 26.3 Å². The van der Waals surface area contributed by atoms with E-state index in [2.05, 4.69) is 5.10 Å². The van der Waals surface area contributed by atoms with Crippen molar-refractivity contribution in [3.63, 3.8) is 0 Å². The number of carbonyl (C=O) groups is 1. The summed E-state index contributed by atoms with van der Waals surface area (Å²) in [7, 11) is 0. The summed E-state index contributed by atoms with van der Waals surface area (Å²) >= 11 is 0. The highest BCUT2D eigenvalue weighted by molar-refractivity contribution is 5.82. The molecule has 0 unspecified atom stereocenters. The van der Waals surface area contributed by atoms with Crippen LogP contribution in [0.4, 0.5) is 4.39 Å². The first-order chi connectivity index (χ1) is 14.3. The van der Waals surface area contributed by atoms with Crippen LogP contribution in [0.2, 0.25) is 0 Å². The average Bonchev–Trinajstić information content (AvgIpc) is 3.00. The Balaban J connectivity index is 1.58. The Hall–Kier alpha value is -3.00. The van der Waals surface area contributed by atoms with Crippen molar-refractivity contribution in [2.45, 2.75) is 32.0 Å². The van der Waals surface area contributed by atoms with Crippen LogP contribution in [-0.2, 0) is 16.1 Å². The molecular formula is C22H23FN4O3. The van der Waals surface area contributed by atoms with Crippen LogP contribution in [0.15, 0.2) is 41.5 Å². The normalized spacial score (nSPS) is 18.3. The van der Waals surface area contributed by atoms with Gasteiger partial charge in [0, 0.05) is 11.5 Å². The summed E-state index contributed by atoms with van der Waals surface area (Å²) in [6, 6.07) is 9.95. The Morgan fingerprint density at radius 2 is 2.07 bits per heavy atom. The van der Waals surface area contributed by atoms with Crippen LogP contribution < -0.4 is 5.56 Å². The third kappa shape index (κ3) is 3.11. The van der Waals surface area contributed by atoms with Gasteiger partial charge < -0.3 is 9.64 Å². The summed E-state index contributed by atoms with van der Waals surface area (Å²) in [5.74, 6) is -0.0987. The summed E-state index contributed by atoms with van der Waals surface area (Å²) in [6.07, 6.45) is 1.39. The second-order valence-electron chi connectivity index (χ2n) is 8.57. The van der Waals surface area contributed by atoms with Gasteiger partial charge in [0.1, 0.15) is 24.1 Å². The molecule has 2 aromatic heterocycles. The second-order valence-corrected chi connectivity index (χ2v) is 8.57. The van der Waals surface area contributed by atoms with Gasteiger partial charge in [-0.3, -0.25) is 14.2 Å². The summed E-state index contributed by atoms with van der Waals surface area (Å²) in [5, 5.41) is 4.48. The maximum atomic E-state index is 13.7. The molecule has 2 fully saturated rings. The Kier molecular flexibility index (Phi) is 4.28. The van der Waals surface area contributed by atoms with E-state index >= 15 is 0 Å². The third-order valence-electron chi connectivity index (χ3n) is 5.86. The highest BCUT2D eigenvalue weighted by Crippen LogP contribution is 2.32. The monoisotopic (exact) mass is 410 g/mol. The van der Waals surface area contributed by atoms with Gasteiger partial charge in [0.05, 0.1) is 32.0 Å². The zero-order chi connectivity index (χ0) is 21.0. The molecule has 2 aliphatic rings. The van der Waals surface area contributed by atoms with E-state index in [0.29, 0.717) is 18.7 Å². The number of alkyl halides is 1. The number of halogens is 1. The molecule has 2 saturated heterocycles. The van der Waals surface area contributed by atoms with Gasteiger partial charge in [0.15, 0.2) is 0 Å². The first-order valence-electron chi connectivity index (χ1n) is 10.0. The maximum Gasteiger partial charge on any atom is 0.278 e. The lowest BCUT2D eigenvalue weighted by molar-refractivity contribution is -0.144. The molecule has 5 rings (SSSR count). The molecule has 8 heteroatoms. The van der Waals surface area contributed by atoms with Gasteiger partial charge in [-0.15, -0.1) is 0 Å². The summed E-state index contributed by atoms with van der Waals surface area (Å²) in [4.78, 5) is 27.3. The van der Waals surface area contributed by atoms with Gasteiger partial charge >= 0.3 is 0 Å². The number of hydrogen-bond donors (Lipinski definition) is 0. The van der Waals surface area contributed by atoms with Crippen molar-refractivity contribution in [1.29, 1.82) is 0 Å². The molecule has 1 amide bonds. The number of likely N-dealkylation sites (tertiary alicyclic amines) is 1. The van der Waals surface area contributed by atoms with E-state index in [1.807, 2.05) is 37.3 Å². The third-order valence-corrected chi connectivity index (χ3v) is 5.86. The SMILES string of the molecule is Cc1cccc(-c2cc(C3COC3)n3ncn(CC(=O)N4CC(C)(F)C4)c(=O)c23)c1. The van der Waals surface area contributed by atoms with E-state index in [9.17, 15) is 14.0 Å². The van der Waals surface area contributed by atoms with E-state index < -0.39 is 5.67 Å². The molecule has 0 atom stereocenters. The van der Waals surface area contributed by atoms with Gasteiger partial charge in [0.2, 0.25) is 5.91 Å². The van der Waals surface area contributed by atoms with Crippen LogP contribution in [0.1, 0.15) is 24.1 Å². The fraction of sp³-hybridized carbons (Fsp3) is 0.409. The van der Waals surface area contributed by atoms with Gasteiger partial charge in [-0.1, -0.05) is 29.8 Å². The first-order valence-corrected chi connectivity index (χ1v) is 10.0. The predicted octanol–water partition coefficient (Wildman–Crippen LogP) is 2.16. The Labute approximate surface area is 172 Å². The quantitative estimate of drug-likeness (QED) is 0.661. The van der Waals surface area contributed by atoms with E-state index in [0.717, 1.165) is 22.4 Å². The summed E-state index contributed by atoms with van der Waals surface area (Å²) < 4.78 is 22.1. The highest BCUT2D eigenvalue weighted by atomic mass is 19.1. The number of nitrogens with zero attached hydrogens (tertiary/aromatic N) is 4. The molecule has 0 aliphatic carbocycles. The molecule has 156 valence electrons. The number of rotatable bonds is 4. The standard InChI is InChI=1S/C22H23FN4O3/c1-14-4-3-5-15(6-14)17-7-18(16-9-30-10-16)27-20(17)21(29)25(13-24-27)8-19(28)26-11-22(2,23)12-26/h3-7,13,16H,8-12H2,1-2H3. The van der Waals surface area contributed by atoms with Crippen molar-refractivity contribution >= 4 is 11.4 Å². The fourth-order valence-corrected chi connectivity index (χ4v) is 4.17. The smallest absolute Gasteiger partial charge is 0.278 e. The van der Waals surface area contributed by atoms with E-state index in [-0.39, 0.29) is 37.0 Å². The second kappa shape index (κ2) is 6.77. The van der Waals surface area contributed by atoms with Gasteiger partial charge in [-0.2, -0.15) is 5.10 Å². The lowest BCUT2D eigenvalue weighted by Crippen LogP contribution is -2.60. The lowest BCUT2D eigenvalue weighted by atomic mass is 9.99. The van der Waals surface area contributed by atoms with Crippen LogP contribution in [0.25, 0.3) is 16.6 Å². The molecule has 0 N–H and O–H groups in total.